The molecule has 3 amide bonds. The van der Waals surface area contributed by atoms with Crippen LogP contribution in [-0.2, 0) is 9.53 Å². The van der Waals surface area contributed by atoms with E-state index in [1.165, 1.54) is 0 Å². The molecule has 0 atom stereocenters. The molecule has 0 spiro atoms. The Hall–Kier alpha value is -1.18. The zero-order valence-electron chi connectivity index (χ0n) is 9.85. The molecule has 1 saturated heterocycles. The second-order valence-corrected chi connectivity index (χ2v) is 4.05. The van der Waals surface area contributed by atoms with Crippen molar-refractivity contribution < 1.29 is 14.3 Å². The highest BCUT2D eigenvalue weighted by molar-refractivity contribution is 5.94. The number of hydrogen-bond donors (Lipinski definition) is 3. The Morgan fingerprint density at radius 1 is 1.35 bits per heavy atom. The minimum Gasteiger partial charge on any atom is -0.377 e. The maximum absolute atomic E-state index is 11.3. The first-order valence-corrected chi connectivity index (χ1v) is 5.75. The number of urea groups is 1. The van der Waals surface area contributed by atoms with Gasteiger partial charge >= 0.3 is 6.03 Å². The standard InChI is InChI=1S/C10H20N4O3/c11-3-6-17-8-1-4-14(5-2-8)7-9(15)13-10(12)16/h8H,1-7,11H2,(H3,12,13,15,16). The monoisotopic (exact) mass is 244 g/mol. The number of nitrogens with one attached hydrogen (secondary N) is 1. The van der Waals surface area contributed by atoms with Crippen molar-refractivity contribution in [3.05, 3.63) is 0 Å². The van der Waals surface area contributed by atoms with Crippen molar-refractivity contribution in [1.82, 2.24) is 10.2 Å². The highest BCUT2D eigenvalue weighted by atomic mass is 16.5. The van der Waals surface area contributed by atoms with E-state index in [-0.39, 0.29) is 18.6 Å². The number of ether oxygens (including phenoxy) is 1. The molecule has 1 rings (SSSR count). The molecule has 5 N–H and O–H groups in total. The normalized spacial score (nSPS) is 17.9. The summed E-state index contributed by atoms with van der Waals surface area (Å²) in [7, 11) is 0. The summed E-state index contributed by atoms with van der Waals surface area (Å²) in [5.41, 5.74) is 10.2. The van der Waals surface area contributed by atoms with Crippen LogP contribution in [0.2, 0.25) is 0 Å². The Morgan fingerprint density at radius 2 is 2.00 bits per heavy atom. The smallest absolute Gasteiger partial charge is 0.318 e. The van der Waals surface area contributed by atoms with Crippen molar-refractivity contribution in [2.75, 3.05) is 32.8 Å². The van der Waals surface area contributed by atoms with E-state index in [1.807, 2.05) is 10.2 Å². The van der Waals surface area contributed by atoms with E-state index < -0.39 is 6.03 Å². The van der Waals surface area contributed by atoms with Crippen molar-refractivity contribution in [2.45, 2.75) is 18.9 Å². The third-order valence-electron chi connectivity index (χ3n) is 2.64. The average molecular weight is 244 g/mol. The topological polar surface area (TPSA) is 111 Å². The van der Waals surface area contributed by atoms with Crippen LogP contribution in [0.3, 0.4) is 0 Å². The van der Waals surface area contributed by atoms with E-state index in [1.54, 1.807) is 0 Å². The summed E-state index contributed by atoms with van der Waals surface area (Å²) in [5.74, 6) is -0.362. The number of rotatable bonds is 5. The minimum atomic E-state index is -0.809. The van der Waals surface area contributed by atoms with Gasteiger partial charge in [0.25, 0.3) is 0 Å². The lowest BCUT2D eigenvalue weighted by atomic mass is 10.1. The van der Waals surface area contributed by atoms with E-state index in [4.69, 9.17) is 16.2 Å². The molecule has 0 aliphatic carbocycles. The van der Waals surface area contributed by atoms with Gasteiger partial charge in [0.2, 0.25) is 5.91 Å². The Labute approximate surface area is 100 Å². The number of hydrogen-bond acceptors (Lipinski definition) is 5. The summed E-state index contributed by atoms with van der Waals surface area (Å²) in [5, 5.41) is 2.05. The van der Waals surface area contributed by atoms with E-state index in [9.17, 15) is 9.59 Å². The molecule has 7 heteroatoms. The number of likely N-dealkylation sites (tertiary alicyclic amines) is 1. The number of piperidine rings is 1. The molecule has 1 fully saturated rings. The molecule has 0 aromatic heterocycles. The van der Waals surface area contributed by atoms with Crippen molar-refractivity contribution in [1.29, 1.82) is 0 Å². The van der Waals surface area contributed by atoms with Gasteiger partial charge in [-0.3, -0.25) is 15.0 Å². The molecule has 1 aliphatic rings. The number of nitrogens with zero attached hydrogens (tertiary/aromatic N) is 1. The largest absolute Gasteiger partial charge is 0.377 e. The number of amides is 3. The molecule has 7 nitrogen and oxygen atoms in total. The SMILES string of the molecule is NCCOC1CCN(CC(=O)NC(N)=O)CC1. The number of primary amides is 1. The Balaban J connectivity index is 2.18. The van der Waals surface area contributed by atoms with Gasteiger partial charge in [-0.1, -0.05) is 0 Å². The third kappa shape index (κ3) is 5.62. The molecule has 0 unspecified atom stereocenters. The molecular formula is C10H20N4O3. The van der Waals surface area contributed by atoms with Gasteiger partial charge in [0.15, 0.2) is 0 Å². The Morgan fingerprint density at radius 3 is 2.53 bits per heavy atom. The Kier molecular flexibility index (Phi) is 5.88. The van der Waals surface area contributed by atoms with Crippen molar-refractivity contribution in [2.24, 2.45) is 11.5 Å². The van der Waals surface area contributed by atoms with Gasteiger partial charge in [-0.2, -0.15) is 0 Å². The van der Waals surface area contributed by atoms with Crippen molar-refractivity contribution in [3.63, 3.8) is 0 Å². The molecule has 0 aromatic carbocycles. The molecule has 1 heterocycles. The second kappa shape index (κ2) is 7.21. The first-order valence-electron chi connectivity index (χ1n) is 5.75. The van der Waals surface area contributed by atoms with E-state index >= 15 is 0 Å². The first kappa shape index (κ1) is 13.9. The van der Waals surface area contributed by atoms with Gasteiger partial charge in [-0.05, 0) is 12.8 Å². The fourth-order valence-electron chi connectivity index (χ4n) is 1.85. The summed E-state index contributed by atoms with van der Waals surface area (Å²) in [6, 6.07) is -0.809. The minimum absolute atomic E-state index is 0.201. The van der Waals surface area contributed by atoms with Gasteiger partial charge < -0.3 is 16.2 Å². The number of carbonyl (C=O) groups is 2. The van der Waals surface area contributed by atoms with E-state index in [0.29, 0.717) is 13.2 Å². The van der Waals surface area contributed by atoms with Crippen molar-refractivity contribution >= 4 is 11.9 Å². The van der Waals surface area contributed by atoms with Crippen LogP contribution in [-0.4, -0.2) is 55.7 Å². The predicted octanol–water partition coefficient (Wildman–Crippen LogP) is -1.38. The summed E-state index contributed by atoms with van der Waals surface area (Å²) in [6.07, 6.45) is 1.99. The zero-order chi connectivity index (χ0) is 12.7. The van der Waals surface area contributed by atoms with Crippen LogP contribution in [0.4, 0.5) is 4.79 Å². The fourth-order valence-corrected chi connectivity index (χ4v) is 1.85. The van der Waals surface area contributed by atoms with E-state index in [2.05, 4.69) is 0 Å². The molecule has 0 aromatic rings. The summed E-state index contributed by atoms with van der Waals surface area (Å²) < 4.78 is 5.52. The van der Waals surface area contributed by atoms with Crippen LogP contribution in [0.25, 0.3) is 0 Å². The van der Waals surface area contributed by atoms with Gasteiger partial charge in [-0.15, -0.1) is 0 Å². The quantitative estimate of drug-likeness (QED) is 0.552. The maximum Gasteiger partial charge on any atom is 0.318 e. The third-order valence-corrected chi connectivity index (χ3v) is 2.64. The number of carbonyl (C=O) groups excluding carboxylic acids is 2. The highest BCUT2D eigenvalue weighted by Crippen LogP contribution is 2.12. The van der Waals surface area contributed by atoms with Gasteiger partial charge in [-0.25, -0.2) is 4.79 Å². The maximum atomic E-state index is 11.3. The lowest BCUT2D eigenvalue weighted by molar-refractivity contribution is -0.121. The van der Waals surface area contributed by atoms with Crippen LogP contribution < -0.4 is 16.8 Å². The van der Waals surface area contributed by atoms with E-state index in [0.717, 1.165) is 25.9 Å². The highest BCUT2D eigenvalue weighted by Gasteiger charge is 2.21. The predicted molar refractivity (Wildman–Crippen MR) is 62.2 cm³/mol. The molecule has 98 valence electrons. The van der Waals surface area contributed by atoms with Crippen LogP contribution in [0.15, 0.2) is 0 Å². The summed E-state index contributed by atoms with van der Waals surface area (Å²) in [4.78, 5) is 23.7. The van der Waals surface area contributed by atoms with Gasteiger partial charge in [0.05, 0.1) is 19.3 Å². The first-order chi connectivity index (χ1) is 8.11. The summed E-state index contributed by atoms with van der Waals surface area (Å²) >= 11 is 0. The fraction of sp³-hybridized carbons (Fsp3) is 0.800. The second-order valence-electron chi connectivity index (χ2n) is 4.05. The zero-order valence-corrected chi connectivity index (χ0v) is 9.85. The molecule has 0 bridgehead atoms. The van der Waals surface area contributed by atoms with Crippen molar-refractivity contribution in [3.8, 4) is 0 Å². The summed E-state index contributed by atoms with van der Waals surface area (Å²) in [6.45, 7) is 2.86. The average Bonchev–Trinajstić information content (AvgIpc) is 2.27. The van der Waals surface area contributed by atoms with Gasteiger partial charge in [0.1, 0.15) is 0 Å². The number of imide groups is 1. The molecule has 1 aliphatic heterocycles. The van der Waals surface area contributed by atoms with Crippen LogP contribution >= 0.6 is 0 Å². The molecule has 0 saturated carbocycles. The lowest BCUT2D eigenvalue weighted by Crippen LogP contribution is -2.45. The molecule has 17 heavy (non-hydrogen) atoms. The van der Waals surface area contributed by atoms with Crippen LogP contribution in [0.1, 0.15) is 12.8 Å². The number of nitrogens with two attached hydrogens (primary N) is 2. The molecular weight excluding hydrogens is 224 g/mol. The Bertz CT molecular complexity index is 264. The lowest BCUT2D eigenvalue weighted by Gasteiger charge is -2.31. The van der Waals surface area contributed by atoms with Crippen LogP contribution in [0, 0.1) is 0 Å². The van der Waals surface area contributed by atoms with Crippen LogP contribution in [0.5, 0.6) is 0 Å². The van der Waals surface area contributed by atoms with Gasteiger partial charge in [0, 0.05) is 19.6 Å². The molecule has 0 radical (unpaired) electrons.